The molecule has 0 spiro atoms. The van der Waals surface area contributed by atoms with Gasteiger partial charge in [-0.15, -0.1) is 0 Å². The number of nitrogens with one attached hydrogen (secondary N) is 1. The molecule has 5 nitrogen and oxygen atoms in total. The van der Waals surface area contributed by atoms with E-state index >= 15 is 0 Å². The normalized spacial score (nSPS) is 14.6. The number of rotatable bonds is 4. The highest BCUT2D eigenvalue weighted by atomic mass is 32.2. The fraction of sp³-hybridized carbons (Fsp3) is 0.333. The van der Waals surface area contributed by atoms with Crippen molar-refractivity contribution in [1.29, 1.82) is 0 Å². The highest BCUT2D eigenvalue weighted by Crippen LogP contribution is 2.28. The van der Waals surface area contributed by atoms with Crippen molar-refractivity contribution >= 4 is 28.9 Å². The second-order valence-corrected chi connectivity index (χ2v) is 5.51. The molecule has 1 heterocycles. The molecular weight excluding hydrogens is 288 g/mol. The highest BCUT2D eigenvalue weighted by Gasteiger charge is 2.12. The van der Waals surface area contributed by atoms with Gasteiger partial charge in [0.2, 0.25) is 0 Å². The van der Waals surface area contributed by atoms with Gasteiger partial charge in [-0.2, -0.15) is 0 Å². The Balaban J connectivity index is 2.12. The summed E-state index contributed by atoms with van der Waals surface area (Å²) in [5, 5.41) is 3.49. The predicted molar refractivity (Wildman–Crippen MR) is 86.1 cm³/mol. The van der Waals surface area contributed by atoms with Crippen LogP contribution in [-0.4, -0.2) is 37.6 Å². The lowest BCUT2D eigenvalue weighted by Crippen LogP contribution is -2.27. The maximum Gasteiger partial charge on any atom is 0.252 e. The van der Waals surface area contributed by atoms with E-state index in [1.54, 1.807) is 39.0 Å². The molecule has 112 valence electrons. The van der Waals surface area contributed by atoms with Crippen LogP contribution in [0.5, 0.6) is 11.5 Å². The number of carbonyl (C=O) groups is 1. The number of ether oxygens (including phenoxy) is 2. The second-order valence-electron chi connectivity index (χ2n) is 4.43. The standard InChI is InChI=1S/C15H18N2O3S/c1-10(14(18)17-15-16-6-7-21-15)8-11-4-5-12(19-2)13(9-11)20-3/h4-5,8-9H,6-7H2,1-3H3,(H,16,17,18)/b10-8+. The van der Waals surface area contributed by atoms with Crippen molar-refractivity contribution in [2.75, 3.05) is 26.5 Å². The third-order valence-corrected chi connectivity index (χ3v) is 3.85. The Kier molecular flexibility index (Phi) is 5.27. The monoisotopic (exact) mass is 306 g/mol. The molecule has 0 atom stereocenters. The Bertz CT molecular complexity index is 597. The molecule has 0 aromatic heterocycles. The van der Waals surface area contributed by atoms with Crippen LogP contribution in [0.3, 0.4) is 0 Å². The van der Waals surface area contributed by atoms with Gasteiger partial charge in [0.05, 0.1) is 20.8 Å². The Morgan fingerprint density at radius 3 is 2.71 bits per heavy atom. The summed E-state index contributed by atoms with van der Waals surface area (Å²) in [6.45, 7) is 2.53. The van der Waals surface area contributed by atoms with Crippen molar-refractivity contribution in [3.05, 3.63) is 29.3 Å². The van der Waals surface area contributed by atoms with Gasteiger partial charge < -0.3 is 14.8 Å². The largest absolute Gasteiger partial charge is 0.493 e. The fourth-order valence-electron chi connectivity index (χ4n) is 1.86. The molecule has 6 heteroatoms. The number of methoxy groups -OCH3 is 2. The average molecular weight is 306 g/mol. The van der Waals surface area contributed by atoms with Crippen molar-refractivity contribution in [3.8, 4) is 11.5 Å². The summed E-state index contributed by atoms with van der Waals surface area (Å²) in [5.74, 6) is 2.08. The van der Waals surface area contributed by atoms with Crippen LogP contribution in [-0.2, 0) is 4.79 Å². The third-order valence-electron chi connectivity index (χ3n) is 2.95. The number of benzene rings is 1. The lowest BCUT2D eigenvalue weighted by molar-refractivity contribution is -0.116. The van der Waals surface area contributed by atoms with Gasteiger partial charge in [0.1, 0.15) is 0 Å². The van der Waals surface area contributed by atoms with Crippen molar-refractivity contribution in [2.45, 2.75) is 6.92 Å². The van der Waals surface area contributed by atoms with Crippen LogP contribution in [0.4, 0.5) is 0 Å². The topological polar surface area (TPSA) is 59.9 Å². The number of carbonyl (C=O) groups excluding carboxylic acids is 1. The maximum atomic E-state index is 12.1. The third kappa shape index (κ3) is 4.01. The summed E-state index contributed by atoms with van der Waals surface area (Å²) in [7, 11) is 3.17. The van der Waals surface area contributed by atoms with Gasteiger partial charge in [-0.1, -0.05) is 17.8 Å². The van der Waals surface area contributed by atoms with Crippen LogP contribution in [0.1, 0.15) is 12.5 Å². The molecule has 1 N–H and O–H groups in total. The zero-order valence-electron chi connectivity index (χ0n) is 12.3. The molecule has 0 saturated heterocycles. The van der Waals surface area contributed by atoms with E-state index in [1.165, 1.54) is 0 Å². The lowest BCUT2D eigenvalue weighted by atomic mass is 10.1. The van der Waals surface area contributed by atoms with Gasteiger partial charge in [-0.3, -0.25) is 9.79 Å². The predicted octanol–water partition coefficient (Wildman–Crippen LogP) is 2.33. The number of amides is 1. The summed E-state index contributed by atoms with van der Waals surface area (Å²) in [6, 6.07) is 5.52. The number of aliphatic imine (C=N–C) groups is 1. The fourth-order valence-corrected chi connectivity index (χ4v) is 2.59. The van der Waals surface area contributed by atoms with Crippen molar-refractivity contribution in [1.82, 2.24) is 5.32 Å². The van der Waals surface area contributed by atoms with Crippen LogP contribution in [0.2, 0.25) is 0 Å². The van der Waals surface area contributed by atoms with Gasteiger partial charge in [0, 0.05) is 11.3 Å². The van der Waals surface area contributed by atoms with Crippen LogP contribution < -0.4 is 14.8 Å². The molecule has 1 amide bonds. The van der Waals surface area contributed by atoms with E-state index in [0.29, 0.717) is 22.2 Å². The van der Waals surface area contributed by atoms with Crippen LogP contribution in [0.25, 0.3) is 6.08 Å². The molecule has 1 aliphatic heterocycles. The van der Waals surface area contributed by atoms with Gasteiger partial charge in [-0.25, -0.2) is 0 Å². The van der Waals surface area contributed by atoms with Gasteiger partial charge in [-0.05, 0) is 30.7 Å². The first kappa shape index (κ1) is 15.4. The van der Waals surface area contributed by atoms with Crippen LogP contribution >= 0.6 is 11.8 Å². The molecule has 0 fully saturated rings. The van der Waals surface area contributed by atoms with Gasteiger partial charge in [0.15, 0.2) is 16.7 Å². The molecule has 1 aromatic carbocycles. The Morgan fingerprint density at radius 2 is 2.10 bits per heavy atom. The van der Waals surface area contributed by atoms with E-state index in [1.807, 2.05) is 18.2 Å². The first-order chi connectivity index (χ1) is 10.1. The molecule has 1 aliphatic rings. The molecule has 0 saturated carbocycles. The summed E-state index contributed by atoms with van der Waals surface area (Å²) >= 11 is 1.56. The zero-order chi connectivity index (χ0) is 15.2. The Labute approximate surface area is 128 Å². The van der Waals surface area contributed by atoms with Crippen molar-refractivity contribution in [2.24, 2.45) is 4.99 Å². The first-order valence-electron chi connectivity index (χ1n) is 6.53. The highest BCUT2D eigenvalue weighted by molar-refractivity contribution is 8.14. The number of amidine groups is 1. The zero-order valence-corrected chi connectivity index (χ0v) is 13.1. The molecule has 0 radical (unpaired) electrons. The smallest absolute Gasteiger partial charge is 0.252 e. The van der Waals surface area contributed by atoms with E-state index in [9.17, 15) is 4.79 Å². The molecule has 0 bridgehead atoms. The van der Waals surface area contributed by atoms with Crippen LogP contribution in [0, 0.1) is 0 Å². The SMILES string of the molecule is COc1ccc(/C=C(\C)C(=O)NC2=NCCS2)cc1OC. The second kappa shape index (κ2) is 7.17. The summed E-state index contributed by atoms with van der Waals surface area (Å²) < 4.78 is 10.4. The maximum absolute atomic E-state index is 12.1. The van der Waals surface area contributed by atoms with Crippen LogP contribution in [0.15, 0.2) is 28.8 Å². The molecule has 0 aliphatic carbocycles. The molecule has 21 heavy (non-hydrogen) atoms. The minimum Gasteiger partial charge on any atom is -0.493 e. The summed E-state index contributed by atoms with van der Waals surface area (Å²) in [4.78, 5) is 16.3. The van der Waals surface area contributed by atoms with Gasteiger partial charge >= 0.3 is 0 Å². The lowest BCUT2D eigenvalue weighted by Gasteiger charge is -2.08. The minimum absolute atomic E-state index is 0.141. The summed E-state index contributed by atoms with van der Waals surface area (Å²) in [5.41, 5.74) is 1.48. The average Bonchev–Trinajstić information content (AvgIpc) is 2.99. The van der Waals surface area contributed by atoms with Crippen molar-refractivity contribution in [3.63, 3.8) is 0 Å². The Hall–Kier alpha value is -1.95. The Morgan fingerprint density at radius 1 is 1.33 bits per heavy atom. The quantitative estimate of drug-likeness (QED) is 0.867. The van der Waals surface area contributed by atoms with E-state index in [0.717, 1.165) is 17.9 Å². The first-order valence-corrected chi connectivity index (χ1v) is 7.51. The molecule has 0 unspecified atom stereocenters. The summed E-state index contributed by atoms with van der Waals surface area (Å²) in [6.07, 6.45) is 1.80. The minimum atomic E-state index is -0.141. The van der Waals surface area contributed by atoms with E-state index in [-0.39, 0.29) is 5.91 Å². The number of hydrogen-bond acceptors (Lipinski definition) is 5. The number of nitrogens with zero attached hydrogens (tertiary/aromatic N) is 1. The van der Waals surface area contributed by atoms with E-state index in [4.69, 9.17) is 9.47 Å². The molecule has 2 rings (SSSR count). The molecule has 1 aromatic rings. The van der Waals surface area contributed by atoms with Crippen molar-refractivity contribution < 1.29 is 14.3 Å². The number of hydrogen-bond donors (Lipinski definition) is 1. The van der Waals surface area contributed by atoms with Gasteiger partial charge in [0.25, 0.3) is 5.91 Å². The van der Waals surface area contributed by atoms with E-state index in [2.05, 4.69) is 10.3 Å². The van der Waals surface area contributed by atoms with E-state index < -0.39 is 0 Å². The number of thioether (sulfide) groups is 1. The molecular formula is C15H18N2O3S.